The molecule has 3 unspecified atom stereocenters. The van der Waals surface area contributed by atoms with E-state index in [2.05, 4.69) is 12.2 Å². The van der Waals surface area contributed by atoms with Gasteiger partial charge < -0.3 is 10.1 Å². The highest BCUT2D eigenvalue weighted by Crippen LogP contribution is 2.26. The molecular weight excluding hydrogens is 210 g/mol. The van der Waals surface area contributed by atoms with Crippen LogP contribution in [0, 0.1) is 5.92 Å². The highest BCUT2D eigenvalue weighted by molar-refractivity contribution is 4.80. The first kappa shape index (κ1) is 13.4. The van der Waals surface area contributed by atoms with Crippen LogP contribution in [0.25, 0.3) is 0 Å². The van der Waals surface area contributed by atoms with Gasteiger partial charge in [0.15, 0.2) is 0 Å². The van der Waals surface area contributed by atoms with Crippen LogP contribution >= 0.6 is 0 Å². The van der Waals surface area contributed by atoms with Gasteiger partial charge in [0, 0.05) is 12.6 Å². The Bertz CT molecular complexity index is 201. The van der Waals surface area contributed by atoms with E-state index >= 15 is 0 Å². The summed E-state index contributed by atoms with van der Waals surface area (Å²) in [4.78, 5) is 0. The maximum Gasteiger partial charge on any atom is 0.0587 e. The largest absolute Gasteiger partial charge is 0.378 e. The molecule has 0 bridgehead atoms. The minimum absolute atomic E-state index is 0.542. The van der Waals surface area contributed by atoms with Gasteiger partial charge in [0.2, 0.25) is 0 Å². The molecule has 1 heterocycles. The minimum Gasteiger partial charge on any atom is -0.378 e. The first-order valence-electron chi connectivity index (χ1n) is 7.75. The van der Waals surface area contributed by atoms with Gasteiger partial charge >= 0.3 is 0 Å². The van der Waals surface area contributed by atoms with Crippen molar-refractivity contribution in [1.82, 2.24) is 5.32 Å². The number of rotatable bonds is 5. The zero-order valence-corrected chi connectivity index (χ0v) is 11.4. The molecule has 0 aromatic carbocycles. The molecule has 3 atom stereocenters. The van der Waals surface area contributed by atoms with Gasteiger partial charge in [-0.1, -0.05) is 26.2 Å². The van der Waals surface area contributed by atoms with Crippen molar-refractivity contribution in [2.45, 2.75) is 76.9 Å². The molecule has 2 heteroatoms. The lowest BCUT2D eigenvalue weighted by atomic mass is 9.83. The predicted octanol–water partition coefficient (Wildman–Crippen LogP) is 3.50. The van der Waals surface area contributed by atoms with E-state index in [0.717, 1.165) is 25.1 Å². The molecule has 2 rings (SSSR count). The summed E-state index contributed by atoms with van der Waals surface area (Å²) in [6.07, 6.45) is 12.7. The standard InChI is InChI=1S/C15H29NO/c1-2-13-7-3-4-9-15(13)16-11-10-14-8-5-6-12-17-14/h13-16H,2-12H2,1H3. The zero-order valence-electron chi connectivity index (χ0n) is 11.4. The van der Waals surface area contributed by atoms with E-state index in [0.29, 0.717) is 6.10 Å². The molecule has 1 N–H and O–H groups in total. The van der Waals surface area contributed by atoms with Crippen LogP contribution in [0.3, 0.4) is 0 Å². The maximum atomic E-state index is 5.78. The summed E-state index contributed by atoms with van der Waals surface area (Å²) in [5.41, 5.74) is 0. The second kappa shape index (κ2) is 7.38. The van der Waals surface area contributed by atoms with Gasteiger partial charge in [0.25, 0.3) is 0 Å². The Morgan fingerprint density at radius 1 is 1.06 bits per heavy atom. The summed E-state index contributed by atoms with van der Waals surface area (Å²) in [5.74, 6) is 0.927. The second-order valence-corrected chi connectivity index (χ2v) is 5.79. The Kier molecular flexibility index (Phi) is 5.79. The smallest absolute Gasteiger partial charge is 0.0587 e. The highest BCUT2D eigenvalue weighted by Gasteiger charge is 2.23. The van der Waals surface area contributed by atoms with E-state index in [1.807, 2.05) is 0 Å². The molecule has 0 aromatic rings. The summed E-state index contributed by atoms with van der Waals surface area (Å²) in [6.45, 7) is 4.49. The third kappa shape index (κ3) is 4.26. The van der Waals surface area contributed by atoms with Crippen molar-refractivity contribution in [3.63, 3.8) is 0 Å². The Labute approximate surface area is 107 Å². The van der Waals surface area contributed by atoms with Crippen LogP contribution in [-0.2, 0) is 4.74 Å². The van der Waals surface area contributed by atoms with Crippen molar-refractivity contribution in [1.29, 1.82) is 0 Å². The summed E-state index contributed by atoms with van der Waals surface area (Å²) >= 11 is 0. The monoisotopic (exact) mass is 239 g/mol. The molecule has 1 saturated heterocycles. The first-order valence-corrected chi connectivity index (χ1v) is 7.75. The molecule has 1 saturated carbocycles. The minimum atomic E-state index is 0.542. The highest BCUT2D eigenvalue weighted by atomic mass is 16.5. The summed E-state index contributed by atoms with van der Waals surface area (Å²) in [6, 6.07) is 0.789. The predicted molar refractivity (Wildman–Crippen MR) is 72.2 cm³/mol. The van der Waals surface area contributed by atoms with Crippen molar-refractivity contribution in [3.05, 3.63) is 0 Å². The molecule has 100 valence electrons. The van der Waals surface area contributed by atoms with Crippen LogP contribution in [0.4, 0.5) is 0 Å². The number of nitrogens with one attached hydrogen (secondary N) is 1. The van der Waals surface area contributed by atoms with E-state index in [4.69, 9.17) is 4.74 Å². The van der Waals surface area contributed by atoms with Crippen LogP contribution < -0.4 is 5.32 Å². The van der Waals surface area contributed by atoms with Gasteiger partial charge in [-0.25, -0.2) is 0 Å². The fourth-order valence-corrected chi connectivity index (χ4v) is 3.43. The number of ether oxygens (including phenoxy) is 1. The van der Waals surface area contributed by atoms with Crippen molar-refractivity contribution in [3.8, 4) is 0 Å². The fraction of sp³-hybridized carbons (Fsp3) is 1.00. The van der Waals surface area contributed by atoms with Gasteiger partial charge in [-0.15, -0.1) is 0 Å². The molecule has 0 radical (unpaired) electrons. The molecule has 2 nitrogen and oxygen atoms in total. The van der Waals surface area contributed by atoms with Crippen LogP contribution in [0.2, 0.25) is 0 Å². The third-order valence-corrected chi connectivity index (χ3v) is 4.58. The second-order valence-electron chi connectivity index (χ2n) is 5.79. The van der Waals surface area contributed by atoms with E-state index < -0.39 is 0 Å². The fourth-order valence-electron chi connectivity index (χ4n) is 3.43. The number of hydrogen-bond acceptors (Lipinski definition) is 2. The van der Waals surface area contributed by atoms with E-state index in [9.17, 15) is 0 Å². The lowest BCUT2D eigenvalue weighted by molar-refractivity contribution is 0.0106. The Hall–Kier alpha value is -0.0800. The van der Waals surface area contributed by atoms with Gasteiger partial charge in [0.1, 0.15) is 0 Å². The van der Waals surface area contributed by atoms with E-state index in [-0.39, 0.29) is 0 Å². The molecule has 2 aliphatic rings. The molecule has 0 aromatic heterocycles. The molecule has 1 aliphatic carbocycles. The van der Waals surface area contributed by atoms with Gasteiger partial charge in [-0.2, -0.15) is 0 Å². The van der Waals surface area contributed by atoms with Crippen LogP contribution in [0.15, 0.2) is 0 Å². The van der Waals surface area contributed by atoms with Crippen LogP contribution in [-0.4, -0.2) is 25.3 Å². The topological polar surface area (TPSA) is 21.3 Å². The summed E-state index contributed by atoms with van der Waals surface area (Å²) in [7, 11) is 0. The molecule has 0 spiro atoms. The van der Waals surface area contributed by atoms with Crippen LogP contribution in [0.1, 0.15) is 64.7 Å². The average Bonchev–Trinajstić information content (AvgIpc) is 2.40. The molecule has 0 amide bonds. The first-order chi connectivity index (χ1) is 8.40. The van der Waals surface area contributed by atoms with Crippen LogP contribution in [0.5, 0.6) is 0 Å². The quantitative estimate of drug-likeness (QED) is 0.793. The average molecular weight is 239 g/mol. The van der Waals surface area contributed by atoms with Crippen molar-refractivity contribution in [2.24, 2.45) is 5.92 Å². The summed E-state index contributed by atoms with van der Waals surface area (Å²) in [5, 5.41) is 3.79. The summed E-state index contributed by atoms with van der Waals surface area (Å²) < 4.78 is 5.78. The maximum absolute atomic E-state index is 5.78. The zero-order chi connectivity index (χ0) is 11.9. The Balaban J connectivity index is 1.62. The van der Waals surface area contributed by atoms with Crippen molar-refractivity contribution in [2.75, 3.05) is 13.2 Å². The molecular formula is C15H29NO. The molecule has 17 heavy (non-hydrogen) atoms. The number of hydrogen-bond donors (Lipinski definition) is 1. The lowest BCUT2D eigenvalue weighted by Gasteiger charge is -2.32. The van der Waals surface area contributed by atoms with Gasteiger partial charge in [-0.05, 0) is 51.0 Å². The van der Waals surface area contributed by atoms with E-state index in [1.165, 1.54) is 57.8 Å². The van der Waals surface area contributed by atoms with E-state index in [1.54, 1.807) is 0 Å². The molecule has 2 fully saturated rings. The Morgan fingerprint density at radius 3 is 2.65 bits per heavy atom. The normalized spacial score (nSPS) is 34.8. The Morgan fingerprint density at radius 2 is 1.88 bits per heavy atom. The third-order valence-electron chi connectivity index (χ3n) is 4.58. The van der Waals surface area contributed by atoms with Crippen molar-refractivity contribution < 1.29 is 4.74 Å². The lowest BCUT2D eigenvalue weighted by Crippen LogP contribution is -2.40. The SMILES string of the molecule is CCC1CCCCC1NCCC1CCCCO1. The van der Waals surface area contributed by atoms with Gasteiger partial charge in [0.05, 0.1) is 6.10 Å². The molecule has 1 aliphatic heterocycles. The van der Waals surface area contributed by atoms with Gasteiger partial charge in [-0.3, -0.25) is 0 Å². The van der Waals surface area contributed by atoms with Crippen molar-refractivity contribution >= 4 is 0 Å².